The zero-order valence-corrected chi connectivity index (χ0v) is 16.4. The minimum atomic E-state index is 0.0148. The second-order valence-electron chi connectivity index (χ2n) is 6.24. The molecule has 2 N–H and O–H groups in total. The molecule has 0 bridgehead atoms. The van der Waals surface area contributed by atoms with Gasteiger partial charge in [0.15, 0.2) is 5.96 Å². The van der Waals surface area contributed by atoms with Crippen LogP contribution in [0.2, 0.25) is 0 Å². The van der Waals surface area contributed by atoms with E-state index in [1.54, 1.807) is 7.05 Å². The molecular weight excluding hydrogens is 338 g/mol. The Morgan fingerprint density at radius 3 is 2.48 bits per heavy atom. The third-order valence-electron chi connectivity index (χ3n) is 4.07. The van der Waals surface area contributed by atoms with Crippen molar-refractivity contribution < 1.29 is 4.79 Å². The number of anilines is 1. The van der Waals surface area contributed by atoms with Gasteiger partial charge in [0.1, 0.15) is 5.82 Å². The normalized spacial score (nSPS) is 15.6. The van der Waals surface area contributed by atoms with Gasteiger partial charge in [0, 0.05) is 70.2 Å². The molecule has 2 rings (SSSR count). The van der Waals surface area contributed by atoms with Gasteiger partial charge in [0.2, 0.25) is 11.0 Å². The topological polar surface area (TPSA) is 85.8 Å². The van der Waals surface area contributed by atoms with Crippen LogP contribution in [0.5, 0.6) is 0 Å². The van der Waals surface area contributed by atoms with Gasteiger partial charge >= 0.3 is 0 Å². The second-order valence-corrected chi connectivity index (χ2v) is 6.97. The zero-order chi connectivity index (χ0) is 18.2. The van der Waals surface area contributed by atoms with E-state index in [1.165, 1.54) is 11.5 Å². The Bertz CT molecular complexity index is 579. The number of aromatic nitrogens is 2. The second kappa shape index (κ2) is 9.55. The van der Waals surface area contributed by atoms with Crippen molar-refractivity contribution >= 4 is 28.5 Å². The Labute approximate surface area is 153 Å². The van der Waals surface area contributed by atoms with Crippen LogP contribution < -0.4 is 15.5 Å². The average molecular weight is 368 g/mol. The SMILES string of the molecule is CCc1nsc(N2CCN(C(=NC)NCCNC(=O)C(C)C)CC2)n1. The number of nitrogens with one attached hydrogen (secondary N) is 2. The summed E-state index contributed by atoms with van der Waals surface area (Å²) in [4.78, 5) is 25.0. The third kappa shape index (κ3) is 5.55. The van der Waals surface area contributed by atoms with Crippen LogP contribution in [0, 0.1) is 5.92 Å². The van der Waals surface area contributed by atoms with Crippen LogP contribution in [-0.4, -0.2) is 72.4 Å². The van der Waals surface area contributed by atoms with Gasteiger partial charge in [-0.25, -0.2) is 4.98 Å². The minimum absolute atomic E-state index is 0.0148. The molecule has 1 saturated heterocycles. The van der Waals surface area contributed by atoms with E-state index in [1.807, 2.05) is 13.8 Å². The van der Waals surface area contributed by atoms with E-state index in [0.29, 0.717) is 13.1 Å². The predicted octanol–water partition coefficient (Wildman–Crippen LogP) is 0.570. The first kappa shape index (κ1) is 19.4. The highest BCUT2D eigenvalue weighted by molar-refractivity contribution is 7.09. The van der Waals surface area contributed by atoms with Crippen LogP contribution in [0.3, 0.4) is 0 Å². The molecule has 25 heavy (non-hydrogen) atoms. The summed E-state index contributed by atoms with van der Waals surface area (Å²) in [6.45, 7) is 10.7. The van der Waals surface area contributed by atoms with Crippen LogP contribution >= 0.6 is 11.5 Å². The van der Waals surface area contributed by atoms with Crippen LogP contribution in [0.25, 0.3) is 0 Å². The molecule has 0 aromatic carbocycles. The van der Waals surface area contributed by atoms with Crippen LogP contribution in [0.1, 0.15) is 26.6 Å². The lowest BCUT2D eigenvalue weighted by molar-refractivity contribution is -0.123. The number of aryl methyl sites for hydroxylation is 1. The lowest BCUT2D eigenvalue weighted by Crippen LogP contribution is -2.53. The van der Waals surface area contributed by atoms with Crippen molar-refractivity contribution in [3.63, 3.8) is 0 Å². The third-order valence-corrected chi connectivity index (χ3v) is 4.88. The molecule has 2 heterocycles. The molecule has 0 atom stereocenters. The summed E-state index contributed by atoms with van der Waals surface area (Å²) >= 11 is 1.48. The highest BCUT2D eigenvalue weighted by Gasteiger charge is 2.21. The Morgan fingerprint density at radius 2 is 1.92 bits per heavy atom. The first-order valence-corrected chi connectivity index (χ1v) is 9.63. The number of aliphatic imine (C=N–C) groups is 1. The Hall–Kier alpha value is -1.90. The van der Waals surface area contributed by atoms with Gasteiger partial charge in [-0.15, -0.1) is 0 Å². The number of piperazine rings is 1. The van der Waals surface area contributed by atoms with E-state index in [-0.39, 0.29) is 11.8 Å². The van der Waals surface area contributed by atoms with Crippen molar-refractivity contribution in [2.24, 2.45) is 10.9 Å². The molecule has 1 aliphatic heterocycles. The number of hydrogen-bond donors (Lipinski definition) is 2. The van der Waals surface area contributed by atoms with E-state index in [4.69, 9.17) is 0 Å². The molecule has 0 radical (unpaired) electrons. The monoisotopic (exact) mass is 367 g/mol. The van der Waals surface area contributed by atoms with E-state index < -0.39 is 0 Å². The molecule has 8 nitrogen and oxygen atoms in total. The van der Waals surface area contributed by atoms with Gasteiger partial charge in [-0.3, -0.25) is 9.79 Å². The van der Waals surface area contributed by atoms with Crippen molar-refractivity contribution in [2.45, 2.75) is 27.2 Å². The molecule has 0 spiro atoms. The minimum Gasteiger partial charge on any atom is -0.354 e. The lowest BCUT2D eigenvalue weighted by atomic mass is 10.2. The van der Waals surface area contributed by atoms with Crippen LogP contribution in [0.4, 0.5) is 5.13 Å². The quantitative estimate of drug-likeness (QED) is 0.434. The molecule has 1 aromatic heterocycles. The Balaban J connectivity index is 1.75. The van der Waals surface area contributed by atoms with E-state index in [0.717, 1.165) is 49.5 Å². The fourth-order valence-electron chi connectivity index (χ4n) is 2.52. The molecule has 9 heteroatoms. The van der Waals surface area contributed by atoms with Gasteiger partial charge in [-0.2, -0.15) is 4.37 Å². The maximum absolute atomic E-state index is 11.6. The Kier molecular flexibility index (Phi) is 7.42. The number of rotatable bonds is 6. The lowest BCUT2D eigenvalue weighted by Gasteiger charge is -2.36. The van der Waals surface area contributed by atoms with Crippen molar-refractivity contribution in [3.05, 3.63) is 5.82 Å². The Morgan fingerprint density at radius 1 is 1.24 bits per heavy atom. The maximum Gasteiger partial charge on any atom is 0.222 e. The smallest absolute Gasteiger partial charge is 0.222 e. The highest BCUT2D eigenvalue weighted by atomic mass is 32.1. The van der Waals surface area contributed by atoms with E-state index in [2.05, 4.69) is 41.7 Å². The average Bonchev–Trinajstić information content (AvgIpc) is 3.11. The van der Waals surface area contributed by atoms with Gasteiger partial charge in [0.05, 0.1) is 0 Å². The summed E-state index contributed by atoms with van der Waals surface area (Å²) in [6.07, 6.45) is 0.875. The maximum atomic E-state index is 11.6. The molecule has 140 valence electrons. The molecule has 0 saturated carbocycles. The fourth-order valence-corrected chi connectivity index (χ4v) is 3.32. The summed E-state index contributed by atoms with van der Waals surface area (Å²) in [5, 5.41) is 7.23. The molecule has 1 aromatic rings. The van der Waals surface area contributed by atoms with Crippen LogP contribution in [0.15, 0.2) is 4.99 Å². The number of guanidine groups is 1. The summed E-state index contributed by atoms with van der Waals surface area (Å²) < 4.78 is 4.36. The summed E-state index contributed by atoms with van der Waals surface area (Å²) in [5.74, 6) is 1.89. The fraction of sp³-hybridized carbons (Fsp3) is 0.750. The molecule has 1 fully saturated rings. The van der Waals surface area contributed by atoms with Crippen molar-refractivity contribution in [1.82, 2.24) is 24.9 Å². The molecule has 1 aliphatic rings. The number of nitrogens with zero attached hydrogens (tertiary/aromatic N) is 5. The van der Waals surface area contributed by atoms with Crippen molar-refractivity contribution in [1.29, 1.82) is 0 Å². The number of hydrogen-bond acceptors (Lipinski definition) is 6. The number of carbonyl (C=O) groups excluding carboxylic acids is 1. The van der Waals surface area contributed by atoms with E-state index >= 15 is 0 Å². The van der Waals surface area contributed by atoms with Gasteiger partial charge < -0.3 is 20.4 Å². The predicted molar refractivity (Wildman–Crippen MR) is 102 cm³/mol. The van der Waals surface area contributed by atoms with E-state index in [9.17, 15) is 4.79 Å². The van der Waals surface area contributed by atoms with Gasteiger partial charge in [-0.05, 0) is 0 Å². The first-order valence-electron chi connectivity index (χ1n) is 8.86. The number of amides is 1. The summed E-state index contributed by atoms with van der Waals surface area (Å²) in [7, 11) is 1.79. The molecule has 0 unspecified atom stereocenters. The molecular formula is C16H29N7OS. The van der Waals surface area contributed by atoms with Gasteiger partial charge in [-0.1, -0.05) is 20.8 Å². The molecule has 0 aliphatic carbocycles. The summed E-state index contributed by atoms with van der Waals surface area (Å²) in [5.41, 5.74) is 0. The zero-order valence-electron chi connectivity index (χ0n) is 15.6. The molecule has 1 amide bonds. The van der Waals surface area contributed by atoms with Crippen molar-refractivity contribution in [2.75, 3.05) is 51.2 Å². The number of carbonyl (C=O) groups is 1. The standard InChI is InChI=1S/C16H29N7OS/c1-5-13-20-16(25-21-13)23-10-8-22(9-11-23)15(17-4)19-7-6-18-14(24)12(2)3/h12H,5-11H2,1-4H3,(H,17,19)(H,18,24). The highest BCUT2D eigenvalue weighted by Crippen LogP contribution is 2.19. The van der Waals surface area contributed by atoms with Gasteiger partial charge in [0.25, 0.3) is 0 Å². The first-order chi connectivity index (χ1) is 12.0. The largest absolute Gasteiger partial charge is 0.354 e. The van der Waals surface area contributed by atoms with Crippen LogP contribution in [-0.2, 0) is 11.2 Å². The summed E-state index contributed by atoms with van der Waals surface area (Å²) in [6, 6.07) is 0. The van der Waals surface area contributed by atoms with Crippen molar-refractivity contribution in [3.8, 4) is 0 Å².